The zero-order valence-corrected chi connectivity index (χ0v) is 18.0. The predicted molar refractivity (Wildman–Crippen MR) is 113 cm³/mol. The Bertz CT molecular complexity index is 1090. The van der Waals surface area contributed by atoms with Gasteiger partial charge < -0.3 is 9.29 Å². The maximum atomic E-state index is 11.3. The van der Waals surface area contributed by atoms with E-state index in [0.29, 0.717) is 5.75 Å². The van der Waals surface area contributed by atoms with Gasteiger partial charge in [0.15, 0.2) is 24.8 Å². The molecule has 3 rings (SSSR count). The first-order chi connectivity index (χ1) is 15.0. The Balaban J connectivity index is 0.000000390. The van der Waals surface area contributed by atoms with Crippen molar-refractivity contribution in [3.05, 3.63) is 97.6 Å². The molecule has 0 aliphatic heterocycles. The number of rotatable bonds is 5. The van der Waals surface area contributed by atoms with Crippen molar-refractivity contribution in [2.24, 2.45) is 0 Å². The Kier molecular flexibility index (Phi) is 8.64. The molecule has 0 atom stereocenters. The van der Waals surface area contributed by atoms with E-state index in [9.17, 15) is 18.0 Å². The zero-order chi connectivity index (χ0) is 23.8. The van der Waals surface area contributed by atoms with Crippen molar-refractivity contribution in [1.29, 1.82) is 0 Å². The summed E-state index contributed by atoms with van der Waals surface area (Å²) in [6.45, 7) is 3.41. The van der Waals surface area contributed by atoms with E-state index in [1.54, 1.807) is 0 Å². The Morgan fingerprint density at radius 1 is 0.844 bits per heavy atom. The number of carbonyl (C=O) groups is 1. The summed E-state index contributed by atoms with van der Waals surface area (Å²) in [6.07, 6.45) is 1.16. The molecule has 0 radical (unpaired) electrons. The van der Waals surface area contributed by atoms with E-state index in [0.717, 1.165) is 6.08 Å². The molecule has 3 aromatic carbocycles. The third kappa shape index (κ3) is 7.26. The van der Waals surface area contributed by atoms with Crippen LogP contribution in [0.3, 0.4) is 0 Å². The molecular formula is C22H17F3O5S2. The quantitative estimate of drug-likeness (QED) is 0.129. The van der Waals surface area contributed by atoms with Crippen LogP contribution in [0.5, 0.6) is 5.75 Å². The highest BCUT2D eigenvalue weighted by Crippen LogP contribution is 2.31. The minimum Gasteiger partial charge on any atom is -0.741 e. The fraction of sp³-hybridized carbons (Fsp3) is 0.0455. The highest BCUT2D eigenvalue weighted by Gasteiger charge is 2.37. The Morgan fingerprint density at radius 2 is 1.22 bits per heavy atom. The summed E-state index contributed by atoms with van der Waals surface area (Å²) < 4.78 is 64.1. The third-order valence-electron chi connectivity index (χ3n) is 3.69. The van der Waals surface area contributed by atoms with Gasteiger partial charge in [0, 0.05) is 6.08 Å². The average Bonchev–Trinajstić information content (AvgIpc) is 2.76. The van der Waals surface area contributed by atoms with Gasteiger partial charge in [0.25, 0.3) is 0 Å². The van der Waals surface area contributed by atoms with E-state index >= 15 is 0 Å². The maximum absolute atomic E-state index is 11.3. The fourth-order valence-corrected chi connectivity index (χ4v) is 4.41. The molecule has 168 valence electrons. The van der Waals surface area contributed by atoms with Crippen LogP contribution >= 0.6 is 0 Å². The number of ether oxygens (including phenoxy) is 1. The van der Waals surface area contributed by atoms with Crippen molar-refractivity contribution < 1.29 is 35.7 Å². The molecule has 0 amide bonds. The lowest BCUT2D eigenvalue weighted by atomic mass is 10.3. The van der Waals surface area contributed by atoms with E-state index in [1.165, 1.54) is 14.7 Å². The standard InChI is InChI=1S/C21H17O2S.CHF3O3S/c1-2-21(22)23-17-13-15-20(16-14-17)24(18-9-5-3-6-10-18)19-11-7-4-8-12-19;2-1(3,4)8(5,6)7/h2-16H,1H2;(H,5,6,7)/q+1;/p-1. The van der Waals surface area contributed by atoms with Crippen LogP contribution in [0.1, 0.15) is 0 Å². The van der Waals surface area contributed by atoms with Gasteiger partial charge in [-0.15, -0.1) is 0 Å². The fourth-order valence-electron chi connectivity index (χ4n) is 2.32. The highest BCUT2D eigenvalue weighted by molar-refractivity contribution is 7.97. The third-order valence-corrected chi connectivity index (χ3v) is 6.48. The molecule has 0 fully saturated rings. The van der Waals surface area contributed by atoms with Crippen molar-refractivity contribution in [2.45, 2.75) is 20.2 Å². The van der Waals surface area contributed by atoms with Gasteiger partial charge >= 0.3 is 11.5 Å². The number of alkyl halides is 3. The van der Waals surface area contributed by atoms with Gasteiger partial charge in [0.2, 0.25) is 0 Å². The molecule has 0 N–H and O–H groups in total. The topological polar surface area (TPSA) is 83.5 Å². The predicted octanol–water partition coefficient (Wildman–Crippen LogP) is 4.92. The second-order valence-corrected chi connectivity index (χ2v) is 9.33. The van der Waals surface area contributed by atoms with Crippen molar-refractivity contribution in [2.75, 3.05) is 0 Å². The van der Waals surface area contributed by atoms with E-state index in [1.807, 2.05) is 36.4 Å². The van der Waals surface area contributed by atoms with Crippen LogP contribution in [0.15, 0.2) is 112 Å². The van der Waals surface area contributed by atoms with Gasteiger partial charge in [-0.3, -0.25) is 0 Å². The summed E-state index contributed by atoms with van der Waals surface area (Å²) >= 11 is 0. The number of halogens is 3. The smallest absolute Gasteiger partial charge is 0.485 e. The summed E-state index contributed by atoms with van der Waals surface area (Å²) in [5.74, 6) is 0.0705. The maximum Gasteiger partial charge on any atom is 0.485 e. The summed E-state index contributed by atoms with van der Waals surface area (Å²) in [5, 5.41) is 0. The zero-order valence-electron chi connectivity index (χ0n) is 16.4. The lowest BCUT2D eigenvalue weighted by Crippen LogP contribution is -2.21. The van der Waals surface area contributed by atoms with Crippen molar-refractivity contribution in [3.8, 4) is 5.75 Å². The van der Waals surface area contributed by atoms with Gasteiger partial charge in [-0.2, -0.15) is 13.2 Å². The van der Waals surface area contributed by atoms with Crippen LogP contribution in [0.25, 0.3) is 0 Å². The van der Waals surface area contributed by atoms with Gasteiger partial charge in [0.05, 0.1) is 10.9 Å². The van der Waals surface area contributed by atoms with Crippen LogP contribution in [0.4, 0.5) is 13.2 Å². The molecule has 0 spiro atoms. The number of benzene rings is 3. The lowest BCUT2D eigenvalue weighted by molar-refractivity contribution is -0.128. The summed E-state index contributed by atoms with van der Waals surface area (Å²) in [4.78, 5) is 15.0. The number of hydrogen-bond donors (Lipinski definition) is 0. The minimum absolute atomic E-state index is 0.198. The normalized spacial score (nSPS) is 11.3. The van der Waals surface area contributed by atoms with Crippen LogP contribution in [0.2, 0.25) is 0 Å². The number of hydrogen-bond acceptors (Lipinski definition) is 5. The SMILES string of the molecule is C=CC(=O)Oc1ccc([S+](c2ccccc2)c2ccccc2)cc1.O=S(=O)([O-])C(F)(F)F. The second kappa shape index (κ2) is 11.0. The molecule has 0 heterocycles. The number of esters is 1. The van der Waals surface area contributed by atoms with E-state index in [-0.39, 0.29) is 10.9 Å². The first kappa shape index (κ1) is 25.2. The van der Waals surface area contributed by atoms with Crippen LogP contribution in [-0.4, -0.2) is 24.4 Å². The van der Waals surface area contributed by atoms with Gasteiger partial charge in [-0.1, -0.05) is 43.0 Å². The first-order valence-electron chi connectivity index (χ1n) is 8.84. The van der Waals surface area contributed by atoms with Crippen molar-refractivity contribution in [1.82, 2.24) is 0 Å². The largest absolute Gasteiger partial charge is 0.741 e. The molecule has 32 heavy (non-hydrogen) atoms. The molecule has 0 bridgehead atoms. The molecule has 0 aliphatic rings. The molecule has 0 saturated heterocycles. The van der Waals surface area contributed by atoms with Gasteiger partial charge in [0.1, 0.15) is 5.75 Å². The minimum atomic E-state index is -6.09. The van der Waals surface area contributed by atoms with Crippen molar-refractivity contribution >= 4 is 27.0 Å². The Morgan fingerprint density at radius 3 is 1.56 bits per heavy atom. The average molecular weight is 483 g/mol. The first-order valence-corrected chi connectivity index (χ1v) is 11.5. The Hall–Kier alpha value is -3.08. The van der Waals surface area contributed by atoms with E-state index < -0.39 is 21.6 Å². The van der Waals surface area contributed by atoms with Gasteiger partial charge in [-0.25, -0.2) is 13.2 Å². The van der Waals surface area contributed by atoms with Crippen molar-refractivity contribution in [3.63, 3.8) is 0 Å². The second-order valence-electron chi connectivity index (χ2n) is 5.93. The van der Waals surface area contributed by atoms with Crippen LogP contribution in [0, 0.1) is 0 Å². The summed E-state index contributed by atoms with van der Waals surface area (Å²) in [5.41, 5.74) is -5.65. The Labute approximate surface area is 186 Å². The molecular weight excluding hydrogens is 465 g/mol. The molecule has 0 aromatic heterocycles. The van der Waals surface area contributed by atoms with Gasteiger partial charge in [-0.05, 0) is 48.5 Å². The molecule has 0 aliphatic carbocycles. The van der Waals surface area contributed by atoms with E-state index in [4.69, 9.17) is 17.7 Å². The molecule has 0 saturated carbocycles. The summed E-state index contributed by atoms with van der Waals surface area (Å²) in [7, 11) is -6.29. The van der Waals surface area contributed by atoms with Crippen LogP contribution < -0.4 is 4.74 Å². The number of carbonyl (C=O) groups excluding carboxylic acids is 1. The van der Waals surface area contributed by atoms with E-state index in [2.05, 4.69) is 55.1 Å². The summed E-state index contributed by atoms with van der Waals surface area (Å²) in [6, 6.07) is 28.5. The molecule has 5 nitrogen and oxygen atoms in total. The molecule has 3 aromatic rings. The highest BCUT2D eigenvalue weighted by atomic mass is 32.2. The molecule has 0 unspecified atom stereocenters. The monoisotopic (exact) mass is 482 g/mol. The molecule has 10 heteroatoms. The lowest BCUT2D eigenvalue weighted by Gasteiger charge is -2.08. The van der Waals surface area contributed by atoms with Crippen LogP contribution in [-0.2, 0) is 25.8 Å².